The Kier molecular flexibility index (Phi) is 4.56. The lowest BCUT2D eigenvalue weighted by Crippen LogP contribution is -2.55. The summed E-state index contributed by atoms with van der Waals surface area (Å²) in [6.45, 7) is 4.87. The maximum Gasteiger partial charge on any atom is 0.232 e. The van der Waals surface area contributed by atoms with Crippen LogP contribution in [0.15, 0.2) is 55.0 Å². The van der Waals surface area contributed by atoms with E-state index in [4.69, 9.17) is 0 Å². The van der Waals surface area contributed by atoms with E-state index in [0.717, 1.165) is 49.6 Å². The first kappa shape index (κ1) is 20.2. The standard InChI is InChI=1S/C29H30N4O/c1-18-10-26(21-12-20(18)13-21)22-11-19-4-7-30-15-27(19)28(14-22)31-24-5-8-32(9-6-24)29(34)23-16-33(17-23)25-2-3-25/h4-5,7-8,10-12,14-15,23-25,31H,2-3,6,9,13,16-17H2,1H3. The van der Waals surface area contributed by atoms with Gasteiger partial charge in [0.15, 0.2) is 0 Å². The van der Waals surface area contributed by atoms with Crippen LogP contribution in [0.25, 0.3) is 21.9 Å². The number of nitrogens with zero attached hydrogens (tertiary/aromatic N) is 3. The number of fused-ring (bicyclic) bond motifs is 3. The number of amides is 1. The summed E-state index contributed by atoms with van der Waals surface area (Å²) in [5.74, 6) is 0.480. The molecular weight excluding hydrogens is 420 g/mol. The van der Waals surface area contributed by atoms with E-state index >= 15 is 0 Å². The molecule has 2 aromatic carbocycles. The number of aromatic nitrogens is 1. The van der Waals surface area contributed by atoms with E-state index in [1.54, 1.807) is 0 Å². The lowest BCUT2D eigenvalue weighted by molar-refractivity contribution is -0.138. The molecule has 1 saturated heterocycles. The smallest absolute Gasteiger partial charge is 0.232 e. The number of benzene rings is 2. The molecular formula is C29H30N4O. The fraction of sp³-hybridized carbons (Fsp3) is 0.379. The first-order chi connectivity index (χ1) is 16.6. The summed E-state index contributed by atoms with van der Waals surface area (Å²) >= 11 is 0. The maximum atomic E-state index is 12.9. The van der Waals surface area contributed by atoms with Crippen molar-refractivity contribution in [1.29, 1.82) is 0 Å². The minimum atomic E-state index is 0.184. The quantitative estimate of drug-likeness (QED) is 0.477. The van der Waals surface area contributed by atoms with Gasteiger partial charge in [0.25, 0.3) is 0 Å². The Balaban J connectivity index is 1.11. The summed E-state index contributed by atoms with van der Waals surface area (Å²) in [5.41, 5.74) is 7.99. The van der Waals surface area contributed by atoms with E-state index in [1.165, 1.54) is 46.0 Å². The van der Waals surface area contributed by atoms with E-state index < -0.39 is 0 Å². The van der Waals surface area contributed by atoms with Crippen LogP contribution in [0, 0.1) is 12.8 Å². The zero-order valence-corrected chi connectivity index (χ0v) is 19.6. The van der Waals surface area contributed by atoms with Crippen LogP contribution in [-0.2, 0) is 11.2 Å². The third-order valence-corrected chi connectivity index (χ3v) is 8.14. The predicted molar refractivity (Wildman–Crippen MR) is 136 cm³/mol. The molecule has 1 amide bonds. The number of nitrogens with one attached hydrogen (secondary N) is 1. The van der Waals surface area contributed by atoms with Crippen molar-refractivity contribution >= 4 is 22.4 Å². The van der Waals surface area contributed by atoms with Crippen molar-refractivity contribution in [2.24, 2.45) is 5.92 Å². The van der Waals surface area contributed by atoms with Crippen LogP contribution in [0.3, 0.4) is 0 Å². The van der Waals surface area contributed by atoms with Gasteiger partial charge in [-0.25, -0.2) is 0 Å². The third-order valence-electron chi connectivity index (χ3n) is 8.14. The van der Waals surface area contributed by atoms with Crippen molar-refractivity contribution in [3.8, 4) is 11.1 Å². The molecule has 2 fully saturated rings. The van der Waals surface area contributed by atoms with Gasteiger partial charge in [-0.2, -0.15) is 0 Å². The van der Waals surface area contributed by atoms with Crippen LogP contribution in [-0.4, -0.2) is 52.4 Å². The van der Waals surface area contributed by atoms with E-state index in [9.17, 15) is 4.79 Å². The Labute approximate surface area is 200 Å². The van der Waals surface area contributed by atoms with Gasteiger partial charge in [-0.05, 0) is 90.1 Å². The van der Waals surface area contributed by atoms with Gasteiger partial charge >= 0.3 is 0 Å². The highest BCUT2D eigenvalue weighted by molar-refractivity contribution is 5.98. The summed E-state index contributed by atoms with van der Waals surface area (Å²) in [6, 6.07) is 12.3. The van der Waals surface area contributed by atoms with Crippen molar-refractivity contribution < 1.29 is 4.79 Å². The molecule has 1 aromatic heterocycles. The highest BCUT2D eigenvalue weighted by Gasteiger charge is 2.42. The Morgan fingerprint density at radius 1 is 1.09 bits per heavy atom. The highest BCUT2D eigenvalue weighted by Crippen LogP contribution is 2.39. The van der Waals surface area contributed by atoms with Crippen LogP contribution in [0.2, 0.25) is 0 Å². The van der Waals surface area contributed by atoms with Gasteiger partial charge in [0.05, 0.1) is 5.92 Å². The second-order valence-corrected chi connectivity index (χ2v) is 10.5. The number of aryl methyl sites for hydroxylation is 1. The van der Waals surface area contributed by atoms with Gasteiger partial charge in [0.1, 0.15) is 0 Å². The highest BCUT2D eigenvalue weighted by atomic mass is 16.2. The van der Waals surface area contributed by atoms with Crippen molar-refractivity contribution in [2.75, 3.05) is 25.0 Å². The second kappa shape index (κ2) is 7.67. The molecule has 34 heavy (non-hydrogen) atoms. The normalized spacial score (nSPS) is 21.9. The van der Waals surface area contributed by atoms with Crippen LogP contribution in [0.1, 0.15) is 36.0 Å². The van der Waals surface area contributed by atoms with Gasteiger partial charge in [-0.3, -0.25) is 14.7 Å². The second-order valence-electron chi connectivity index (χ2n) is 10.5. The monoisotopic (exact) mass is 450 g/mol. The van der Waals surface area contributed by atoms with Gasteiger partial charge in [0, 0.05) is 61.4 Å². The molecule has 2 bridgehead atoms. The van der Waals surface area contributed by atoms with Gasteiger partial charge in [-0.15, -0.1) is 0 Å². The van der Waals surface area contributed by atoms with Crippen LogP contribution in [0.4, 0.5) is 5.69 Å². The molecule has 1 atom stereocenters. The van der Waals surface area contributed by atoms with Gasteiger partial charge < -0.3 is 10.2 Å². The average molecular weight is 451 g/mol. The number of carbonyl (C=O) groups excluding carboxylic acids is 1. The number of anilines is 1. The maximum absolute atomic E-state index is 12.9. The Hall–Kier alpha value is -3.18. The van der Waals surface area contributed by atoms with E-state index in [1.807, 2.05) is 23.5 Å². The van der Waals surface area contributed by atoms with E-state index in [0.29, 0.717) is 5.91 Å². The zero-order chi connectivity index (χ0) is 22.8. The molecule has 172 valence electrons. The third kappa shape index (κ3) is 3.41. The molecule has 8 rings (SSSR count). The van der Waals surface area contributed by atoms with Crippen LogP contribution >= 0.6 is 0 Å². The van der Waals surface area contributed by atoms with Gasteiger partial charge in [0.2, 0.25) is 5.91 Å². The zero-order valence-electron chi connectivity index (χ0n) is 19.6. The molecule has 5 aliphatic rings. The number of pyridine rings is 1. The number of hydrogen-bond donors (Lipinski definition) is 1. The molecule has 5 nitrogen and oxygen atoms in total. The molecule has 5 heteroatoms. The lowest BCUT2D eigenvalue weighted by Gasteiger charge is -2.41. The summed E-state index contributed by atoms with van der Waals surface area (Å²) in [5, 5.41) is 6.10. The molecule has 1 saturated carbocycles. The molecule has 0 spiro atoms. The summed E-state index contributed by atoms with van der Waals surface area (Å²) in [7, 11) is 0. The average Bonchev–Trinajstić information content (AvgIpc) is 3.62. The van der Waals surface area contributed by atoms with Crippen molar-refractivity contribution in [2.45, 2.75) is 44.7 Å². The molecule has 3 aromatic rings. The Morgan fingerprint density at radius 2 is 1.94 bits per heavy atom. The number of rotatable bonds is 5. The molecule has 1 N–H and O–H groups in total. The SMILES string of the molecule is Cc1cc(-c2cc(NC3C=CN(C(=O)C4CN(C5CC5)C4)CC3)c3cnccc3c2)c2cc1C2. The number of hydrogen-bond acceptors (Lipinski definition) is 4. The summed E-state index contributed by atoms with van der Waals surface area (Å²) in [4.78, 5) is 21.7. The minimum absolute atomic E-state index is 0.184. The fourth-order valence-corrected chi connectivity index (χ4v) is 5.76. The first-order valence-corrected chi connectivity index (χ1v) is 12.6. The Morgan fingerprint density at radius 3 is 2.68 bits per heavy atom. The van der Waals surface area contributed by atoms with Crippen LogP contribution in [0.5, 0.6) is 0 Å². The molecule has 3 heterocycles. The van der Waals surface area contributed by atoms with Crippen molar-refractivity contribution in [3.05, 3.63) is 71.7 Å². The number of likely N-dealkylation sites (tertiary alicyclic amines) is 1. The summed E-state index contributed by atoms with van der Waals surface area (Å²) in [6.07, 6.45) is 12.6. The molecule has 0 radical (unpaired) electrons. The van der Waals surface area contributed by atoms with E-state index in [-0.39, 0.29) is 12.0 Å². The predicted octanol–water partition coefficient (Wildman–Crippen LogP) is 4.74. The Bertz CT molecular complexity index is 1340. The van der Waals surface area contributed by atoms with Gasteiger partial charge in [-0.1, -0.05) is 12.1 Å². The molecule has 1 unspecified atom stereocenters. The first-order valence-electron chi connectivity index (χ1n) is 12.6. The van der Waals surface area contributed by atoms with Crippen molar-refractivity contribution in [1.82, 2.24) is 14.8 Å². The number of carbonyl (C=O) groups is 1. The molecule has 2 aliphatic heterocycles. The van der Waals surface area contributed by atoms with E-state index in [2.05, 4.69) is 58.5 Å². The largest absolute Gasteiger partial charge is 0.378 e. The fourth-order valence-electron chi connectivity index (χ4n) is 5.76. The summed E-state index contributed by atoms with van der Waals surface area (Å²) < 4.78 is 0. The van der Waals surface area contributed by atoms with Crippen molar-refractivity contribution in [3.63, 3.8) is 0 Å². The topological polar surface area (TPSA) is 48.5 Å². The lowest BCUT2D eigenvalue weighted by atomic mass is 9.82. The minimum Gasteiger partial charge on any atom is -0.378 e. The van der Waals surface area contributed by atoms with Crippen LogP contribution < -0.4 is 5.32 Å². The molecule has 3 aliphatic carbocycles.